The number of aromatic amines is 1. The normalized spacial score (nSPS) is 20.8. The zero-order valence-corrected chi connectivity index (χ0v) is 11.3. The van der Waals surface area contributed by atoms with Gasteiger partial charge in [-0.25, -0.2) is 9.67 Å². The molecule has 2 aromatic rings. The molecule has 1 unspecified atom stereocenters. The van der Waals surface area contributed by atoms with Gasteiger partial charge in [-0.2, -0.15) is 10.2 Å². The standard InChI is InChI=1S/C13H20N6/c1-2-19-13(14-10-16-19)9-18-7-3-4-11(8-18)12-5-6-15-17-12/h5-6,10-11H,2-4,7-9H2,1H3,(H,15,17). The molecule has 2 aromatic heterocycles. The van der Waals surface area contributed by atoms with Crippen LogP contribution in [0.25, 0.3) is 0 Å². The largest absolute Gasteiger partial charge is 0.295 e. The van der Waals surface area contributed by atoms with Crippen LogP contribution in [0.2, 0.25) is 0 Å². The Morgan fingerprint density at radius 3 is 3.21 bits per heavy atom. The van der Waals surface area contributed by atoms with Crippen LogP contribution in [0.3, 0.4) is 0 Å². The van der Waals surface area contributed by atoms with Crippen LogP contribution in [0.15, 0.2) is 18.6 Å². The molecule has 0 aromatic carbocycles. The molecular formula is C13H20N6. The number of hydrogen-bond donors (Lipinski definition) is 1. The maximum atomic E-state index is 4.36. The molecule has 102 valence electrons. The first-order valence-electron chi connectivity index (χ1n) is 6.95. The lowest BCUT2D eigenvalue weighted by molar-refractivity contribution is 0.191. The molecule has 0 aliphatic carbocycles. The van der Waals surface area contributed by atoms with E-state index in [4.69, 9.17) is 0 Å². The first-order chi connectivity index (χ1) is 9.36. The molecular weight excluding hydrogens is 240 g/mol. The van der Waals surface area contributed by atoms with Crippen molar-refractivity contribution in [1.82, 2.24) is 29.9 Å². The van der Waals surface area contributed by atoms with Gasteiger partial charge in [0, 0.05) is 30.9 Å². The fraction of sp³-hybridized carbons (Fsp3) is 0.615. The molecule has 1 aliphatic rings. The van der Waals surface area contributed by atoms with Crippen molar-refractivity contribution in [1.29, 1.82) is 0 Å². The Morgan fingerprint density at radius 1 is 1.47 bits per heavy atom. The summed E-state index contributed by atoms with van der Waals surface area (Å²) in [6.45, 7) is 6.08. The molecule has 1 N–H and O–H groups in total. The van der Waals surface area contributed by atoms with Crippen LogP contribution in [0.1, 0.15) is 37.2 Å². The van der Waals surface area contributed by atoms with Gasteiger partial charge in [0.05, 0.1) is 6.54 Å². The molecule has 1 atom stereocenters. The van der Waals surface area contributed by atoms with Gasteiger partial charge in [0.2, 0.25) is 0 Å². The second kappa shape index (κ2) is 5.52. The molecule has 1 saturated heterocycles. The summed E-state index contributed by atoms with van der Waals surface area (Å²) in [5, 5.41) is 11.4. The highest BCUT2D eigenvalue weighted by Gasteiger charge is 2.23. The molecule has 0 amide bonds. The highest BCUT2D eigenvalue weighted by atomic mass is 15.3. The number of aryl methyl sites for hydroxylation is 1. The third-order valence-electron chi connectivity index (χ3n) is 3.83. The van der Waals surface area contributed by atoms with Gasteiger partial charge in [0.1, 0.15) is 12.2 Å². The van der Waals surface area contributed by atoms with E-state index in [9.17, 15) is 0 Å². The van der Waals surface area contributed by atoms with E-state index in [1.165, 1.54) is 18.5 Å². The minimum Gasteiger partial charge on any atom is -0.295 e. The Morgan fingerprint density at radius 2 is 2.42 bits per heavy atom. The van der Waals surface area contributed by atoms with Gasteiger partial charge < -0.3 is 0 Å². The monoisotopic (exact) mass is 260 g/mol. The lowest BCUT2D eigenvalue weighted by Crippen LogP contribution is -2.35. The summed E-state index contributed by atoms with van der Waals surface area (Å²) in [5.41, 5.74) is 1.25. The maximum Gasteiger partial charge on any atom is 0.140 e. The maximum absolute atomic E-state index is 4.36. The van der Waals surface area contributed by atoms with Gasteiger partial charge in [-0.3, -0.25) is 10.00 Å². The van der Waals surface area contributed by atoms with E-state index in [0.29, 0.717) is 5.92 Å². The van der Waals surface area contributed by atoms with Crippen LogP contribution >= 0.6 is 0 Å². The Bertz CT molecular complexity index is 503. The van der Waals surface area contributed by atoms with Crippen LogP contribution in [0.5, 0.6) is 0 Å². The van der Waals surface area contributed by atoms with Gasteiger partial charge in [0.25, 0.3) is 0 Å². The van der Waals surface area contributed by atoms with Crippen molar-refractivity contribution in [2.24, 2.45) is 0 Å². The minimum absolute atomic E-state index is 0.564. The van der Waals surface area contributed by atoms with Gasteiger partial charge in [0.15, 0.2) is 0 Å². The second-order valence-electron chi connectivity index (χ2n) is 5.08. The number of H-pyrrole nitrogens is 1. The van der Waals surface area contributed by atoms with E-state index in [2.05, 4.69) is 38.2 Å². The second-order valence-corrected chi connectivity index (χ2v) is 5.08. The summed E-state index contributed by atoms with van der Waals surface area (Å²) in [4.78, 5) is 6.82. The number of piperidine rings is 1. The van der Waals surface area contributed by atoms with Crippen molar-refractivity contribution < 1.29 is 0 Å². The van der Waals surface area contributed by atoms with Gasteiger partial charge in [-0.15, -0.1) is 0 Å². The van der Waals surface area contributed by atoms with Crippen molar-refractivity contribution in [3.63, 3.8) is 0 Å². The Labute approximate surface area is 112 Å². The molecule has 6 nitrogen and oxygen atoms in total. The average molecular weight is 260 g/mol. The Balaban J connectivity index is 1.65. The molecule has 0 saturated carbocycles. The van der Waals surface area contributed by atoms with Gasteiger partial charge in [-0.05, 0) is 32.4 Å². The number of nitrogens with zero attached hydrogens (tertiary/aromatic N) is 5. The number of likely N-dealkylation sites (tertiary alicyclic amines) is 1. The van der Waals surface area contributed by atoms with E-state index in [0.717, 1.165) is 32.0 Å². The third kappa shape index (κ3) is 2.68. The smallest absolute Gasteiger partial charge is 0.140 e. The van der Waals surface area contributed by atoms with Crippen LogP contribution in [0, 0.1) is 0 Å². The van der Waals surface area contributed by atoms with E-state index in [1.54, 1.807) is 6.33 Å². The zero-order chi connectivity index (χ0) is 13.1. The topological polar surface area (TPSA) is 62.6 Å². The number of rotatable bonds is 4. The van der Waals surface area contributed by atoms with Crippen LogP contribution < -0.4 is 0 Å². The number of hydrogen-bond acceptors (Lipinski definition) is 4. The summed E-state index contributed by atoms with van der Waals surface area (Å²) < 4.78 is 1.97. The third-order valence-corrected chi connectivity index (χ3v) is 3.83. The molecule has 3 heterocycles. The average Bonchev–Trinajstić information content (AvgIpc) is 3.10. The summed E-state index contributed by atoms with van der Waals surface area (Å²) >= 11 is 0. The van der Waals surface area contributed by atoms with E-state index < -0.39 is 0 Å². The Hall–Kier alpha value is -1.69. The van der Waals surface area contributed by atoms with Crippen LogP contribution in [0.4, 0.5) is 0 Å². The van der Waals surface area contributed by atoms with E-state index >= 15 is 0 Å². The van der Waals surface area contributed by atoms with Crippen LogP contribution in [-0.2, 0) is 13.1 Å². The van der Waals surface area contributed by atoms with Crippen molar-refractivity contribution >= 4 is 0 Å². The summed E-state index contributed by atoms with van der Waals surface area (Å²) in [5.74, 6) is 1.63. The fourth-order valence-electron chi connectivity index (χ4n) is 2.82. The van der Waals surface area contributed by atoms with Crippen molar-refractivity contribution in [2.75, 3.05) is 13.1 Å². The fourth-order valence-corrected chi connectivity index (χ4v) is 2.82. The summed E-state index contributed by atoms with van der Waals surface area (Å²) in [6, 6.07) is 2.09. The first-order valence-corrected chi connectivity index (χ1v) is 6.95. The molecule has 0 radical (unpaired) electrons. The molecule has 1 aliphatic heterocycles. The Kier molecular flexibility index (Phi) is 3.59. The van der Waals surface area contributed by atoms with Crippen LogP contribution in [-0.4, -0.2) is 43.0 Å². The molecule has 0 bridgehead atoms. The zero-order valence-electron chi connectivity index (χ0n) is 11.3. The summed E-state index contributed by atoms with van der Waals surface area (Å²) in [6.07, 6.45) is 5.94. The lowest BCUT2D eigenvalue weighted by atomic mass is 9.95. The lowest BCUT2D eigenvalue weighted by Gasteiger charge is -2.31. The van der Waals surface area contributed by atoms with Gasteiger partial charge in [-0.1, -0.05) is 0 Å². The van der Waals surface area contributed by atoms with Crippen molar-refractivity contribution in [3.05, 3.63) is 30.1 Å². The highest BCUT2D eigenvalue weighted by Crippen LogP contribution is 2.25. The predicted molar refractivity (Wildman–Crippen MR) is 71.5 cm³/mol. The quantitative estimate of drug-likeness (QED) is 0.902. The van der Waals surface area contributed by atoms with Gasteiger partial charge >= 0.3 is 0 Å². The van der Waals surface area contributed by atoms with E-state index in [1.807, 2.05) is 10.9 Å². The predicted octanol–water partition coefficient (Wildman–Crippen LogP) is 1.40. The summed E-state index contributed by atoms with van der Waals surface area (Å²) in [7, 11) is 0. The minimum atomic E-state index is 0.564. The molecule has 6 heteroatoms. The molecule has 0 spiro atoms. The molecule has 3 rings (SSSR count). The molecule has 1 fully saturated rings. The number of aromatic nitrogens is 5. The first kappa shape index (κ1) is 12.3. The van der Waals surface area contributed by atoms with Crippen molar-refractivity contribution in [2.45, 2.75) is 38.8 Å². The highest BCUT2D eigenvalue weighted by molar-refractivity contribution is 5.07. The number of nitrogens with one attached hydrogen (secondary N) is 1. The molecule has 19 heavy (non-hydrogen) atoms. The van der Waals surface area contributed by atoms with E-state index in [-0.39, 0.29) is 0 Å². The SMILES string of the molecule is CCn1ncnc1CN1CCCC(c2ccn[nH]2)C1. The van der Waals surface area contributed by atoms with Crippen molar-refractivity contribution in [3.8, 4) is 0 Å².